The Morgan fingerprint density at radius 3 is 2.71 bits per heavy atom. The molecule has 0 radical (unpaired) electrons. The third kappa shape index (κ3) is 2.61. The summed E-state index contributed by atoms with van der Waals surface area (Å²) >= 11 is 1.67. The number of nitrogens with two attached hydrogens (primary N) is 1. The van der Waals surface area contributed by atoms with Crippen molar-refractivity contribution >= 4 is 28.4 Å². The van der Waals surface area contributed by atoms with Crippen molar-refractivity contribution in [2.75, 3.05) is 5.73 Å². The number of rotatable bonds is 1. The van der Waals surface area contributed by atoms with E-state index in [9.17, 15) is 4.79 Å². The van der Waals surface area contributed by atoms with E-state index in [-0.39, 0.29) is 10.3 Å². The van der Waals surface area contributed by atoms with Gasteiger partial charge in [0.15, 0.2) is 0 Å². The number of nitrogens with zero attached hydrogens (tertiary/aromatic N) is 1. The lowest BCUT2D eigenvalue weighted by molar-refractivity contribution is 0.803. The summed E-state index contributed by atoms with van der Waals surface area (Å²) in [7, 11) is 0. The van der Waals surface area contributed by atoms with Crippen molar-refractivity contribution in [3.63, 3.8) is 0 Å². The van der Waals surface area contributed by atoms with Crippen LogP contribution in [0.15, 0.2) is 28.2 Å². The molecule has 2 rings (SSSR count). The number of hydrogen-bond acceptors (Lipinski definition) is 4. The van der Waals surface area contributed by atoms with Crippen LogP contribution in [0.1, 0.15) is 20.8 Å². The molecule has 0 unspecified atom stereocenters. The third-order valence-electron chi connectivity index (χ3n) is 2.19. The molecule has 0 bridgehead atoms. The molecule has 4 nitrogen and oxygen atoms in total. The molecule has 0 aliphatic heterocycles. The number of anilines is 1. The number of hydrogen-bond donors (Lipinski definition) is 2. The Bertz CT molecular complexity index is 613. The van der Waals surface area contributed by atoms with Crippen LogP contribution in [0.3, 0.4) is 0 Å². The van der Waals surface area contributed by atoms with E-state index in [2.05, 4.69) is 30.7 Å². The number of aromatic nitrogens is 2. The van der Waals surface area contributed by atoms with Crippen LogP contribution in [-0.2, 0) is 0 Å². The molecule has 1 heterocycles. The van der Waals surface area contributed by atoms with Gasteiger partial charge in [-0.3, -0.25) is 4.79 Å². The highest BCUT2D eigenvalue weighted by Crippen LogP contribution is 2.36. The third-order valence-corrected chi connectivity index (χ3v) is 3.37. The predicted molar refractivity (Wildman–Crippen MR) is 72.4 cm³/mol. The van der Waals surface area contributed by atoms with E-state index in [4.69, 9.17) is 5.73 Å². The van der Waals surface area contributed by atoms with E-state index >= 15 is 0 Å². The summed E-state index contributed by atoms with van der Waals surface area (Å²) in [5.41, 5.74) is 7.10. The normalized spacial score (nSPS) is 11.9. The molecule has 17 heavy (non-hydrogen) atoms. The number of aromatic amines is 1. The van der Waals surface area contributed by atoms with Gasteiger partial charge in [0, 0.05) is 15.3 Å². The Hall–Kier alpha value is -1.49. The number of fused-ring (bicyclic) bond motifs is 1. The van der Waals surface area contributed by atoms with Gasteiger partial charge in [-0.15, -0.1) is 11.8 Å². The monoisotopic (exact) mass is 249 g/mol. The number of nitrogen functional groups attached to an aromatic ring is 1. The standard InChI is InChI=1S/C12H15N3OS/c1-12(2,3)17-10-5-9-7(4-8(10)13)11(16)15-6-14-9/h4-6H,13H2,1-3H3,(H,14,15,16). The molecule has 0 fully saturated rings. The molecule has 1 aromatic carbocycles. The van der Waals surface area contributed by atoms with E-state index in [1.165, 1.54) is 6.33 Å². The van der Waals surface area contributed by atoms with Crippen molar-refractivity contribution in [1.29, 1.82) is 0 Å². The summed E-state index contributed by atoms with van der Waals surface area (Å²) in [6.45, 7) is 6.35. The summed E-state index contributed by atoms with van der Waals surface area (Å²) in [6.07, 6.45) is 1.41. The zero-order valence-corrected chi connectivity index (χ0v) is 10.9. The average Bonchev–Trinajstić information content (AvgIpc) is 2.19. The van der Waals surface area contributed by atoms with Crippen LogP contribution >= 0.6 is 11.8 Å². The molecule has 0 aliphatic carbocycles. The van der Waals surface area contributed by atoms with Crippen LogP contribution in [0.2, 0.25) is 0 Å². The Kier molecular flexibility index (Phi) is 2.87. The van der Waals surface area contributed by atoms with Gasteiger partial charge in [-0.1, -0.05) is 20.8 Å². The zero-order valence-electron chi connectivity index (χ0n) is 10.1. The van der Waals surface area contributed by atoms with Crippen LogP contribution in [0, 0.1) is 0 Å². The Labute approximate surface area is 104 Å². The highest BCUT2D eigenvalue weighted by atomic mass is 32.2. The second-order valence-corrected chi connectivity index (χ2v) is 6.72. The Morgan fingerprint density at radius 2 is 2.06 bits per heavy atom. The molecular weight excluding hydrogens is 234 g/mol. The highest BCUT2D eigenvalue weighted by Gasteiger charge is 2.15. The van der Waals surface area contributed by atoms with Crippen LogP contribution in [0.5, 0.6) is 0 Å². The lowest BCUT2D eigenvalue weighted by atomic mass is 10.2. The fourth-order valence-corrected chi connectivity index (χ4v) is 2.54. The second kappa shape index (κ2) is 4.07. The van der Waals surface area contributed by atoms with E-state index < -0.39 is 0 Å². The van der Waals surface area contributed by atoms with E-state index in [1.54, 1.807) is 17.8 Å². The molecule has 2 aromatic rings. The number of H-pyrrole nitrogens is 1. The van der Waals surface area contributed by atoms with E-state index in [0.29, 0.717) is 16.6 Å². The first kappa shape index (κ1) is 12.0. The molecule has 90 valence electrons. The molecule has 0 saturated heterocycles. The van der Waals surface area contributed by atoms with Crippen molar-refractivity contribution in [2.45, 2.75) is 30.4 Å². The van der Waals surface area contributed by atoms with E-state index in [1.807, 2.05) is 6.07 Å². The van der Waals surface area contributed by atoms with Crippen molar-refractivity contribution < 1.29 is 0 Å². The first-order chi connectivity index (χ1) is 7.87. The van der Waals surface area contributed by atoms with Crippen molar-refractivity contribution in [3.05, 3.63) is 28.8 Å². The molecule has 5 heteroatoms. The van der Waals surface area contributed by atoms with Gasteiger partial charge in [-0.05, 0) is 12.1 Å². The SMILES string of the molecule is CC(C)(C)Sc1cc2nc[nH]c(=O)c2cc1N. The number of thioether (sulfide) groups is 1. The minimum Gasteiger partial charge on any atom is -0.398 e. The van der Waals surface area contributed by atoms with Gasteiger partial charge < -0.3 is 10.7 Å². The molecule has 0 amide bonds. The smallest absolute Gasteiger partial charge is 0.258 e. The predicted octanol–water partition coefficient (Wildman–Crippen LogP) is 2.40. The first-order valence-corrected chi connectivity index (χ1v) is 6.14. The maximum absolute atomic E-state index is 11.6. The summed E-state index contributed by atoms with van der Waals surface area (Å²) in [4.78, 5) is 19.2. The van der Waals surface area contributed by atoms with Crippen molar-refractivity contribution in [1.82, 2.24) is 9.97 Å². The van der Waals surface area contributed by atoms with Gasteiger partial charge >= 0.3 is 0 Å². The average molecular weight is 249 g/mol. The van der Waals surface area contributed by atoms with E-state index in [0.717, 1.165) is 4.90 Å². The minimum atomic E-state index is -0.158. The maximum Gasteiger partial charge on any atom is 0.258 e. The number of benzene rings is 1. The van der Waals surface area contributed by atoms with Crippen molar-refractivity contribution in [3.8, 4) is 0 Å². The summed E-state index contributed by atoms with van der Waals surface area (Å²) in [5.74, 6) is 0. The highest BCUT2D eigenvalue weighted by molar-refractivity contribution is 8.00. The largest absolute Gasteiger partial charge is 0.398 e. The minimum absolute atomic E-state index is 0.0724. The quantitative estimate of drug-likeness (QED) is 0.601. The van der Waals surface area contributed by atoms with Gasteiger partial charge in [-0.25, -0.2) is 4.98 Å². The van der Waals surface area contributed by atoms with Gasteiger partial charge in [0.05, 0.1) is 17.2 Å². The first-order valence-electron chi connectivity index (χ1n) is 5.33. The van der Waals surface area contributed by atoms with Gasteiger partial charge in [0.25, 0.3) is 5.56 Å². The molecular formula is C12H15N3OS. The Balaban J connectivity index is 2.60. The van der Waals surface area contributed by atoms with Crippen molar-refractivity contribution in [2.24, 2.45) is 0 Å². The van der Waals surface area contributed by atoms with Crippen LogP contribution in [-0.4, -0.2) is 14.7 Å². The van der Waals surface area contributed by atoms with Crippen LogP contribution in [0.4, 0.5) is 5.69 Å². The molecule has 0 atom stereocenters. The van der Waals surface area contributed by atoms with Gasteiger partial charge in [-0.2, -0.15) is 0 Å². The lowest BCUT2D eigenvalue weighted by Gasteiger charge is -2.18. The van der Waals surface area contributed by atoms with Crippen LogP contribution < -0.4 is 11.3 Å². The second-order valence-electron chi connectivity index (χ2n) is 4.85. The molecule has 1 aromatic heterocycles. The summed E-state index contributed by atoms with van der Waals surface area (Å²) < 4.78 is 0.0724. The molecule has 0 aliphatic rings. The summed E-state index contributed by atoms with van der Waals surface area (Å²) in [6, 6.07) is 3.56. The molecule has 3 N–H and O–H groups in total. The summed E-state index contributed by atoms with van der Waals surface area (Å²) in [5, 5.41) is 0.531. The molecule has 0 saturated carbocycles. The fraction of sp³-hybridized carbons (Fsp3) is 0.333. The van der Waals surface area contributed by atoms with Gasteiger partial charge in [0.2, 0.25) is 0 Å². The fourth-order valence-electron chi connectivity index (χ4n) is 1.53. The topological polar surface area (TPSA) is 71.8 Å². The zero-order chi connectivity index (χ0) is 12.6. The maximum atomic E-state index is 11.6. The lowest BCUT2D eigenvalue weighted by Crippen LogP contribution is -2.10. The van der Waals surface area contributed by atoms with Gasteiger partial charge in [0.1, 0.15) is 0 Å². The molecule has 0 spiro atoms. The number of nitrogens with one attached hydrogen (secondary N) is 1. The van der Waals surface area contributed by atoms with Crippen LogP contribution in [0.25, 0.3) is 10.9 Å². The Morgan fingerprint density at radius 1 is 1.35 bits per heavy atom.